The van der Waals surface area contributed by atoms with Crippen LogP contribution < -0.4 is 5.32 Å². The Labute approximate surface area is 103 Å². The van der Waals surface area contributed by atoms with Crippen molar-refractivity contribution >= 4 is 22.7 Å². The Morgan fingerprint density at radius 1 is 1.28 bits per heavy atom. The SMILES string of the molecule is O=C(CC(F)(F)F)Nc1ccc(CS(=O)O)cc1. The number of hydrogen-bond donors (Lipinski definition) is 2. The van der Waals surface area contributed by atoms with Gasteiger partial charge in [-0.05, 0) is 17.7 Å². The maximum Gasteiger partial charge on any atom is 0.397 e. The van der Waals surface area contributed by atoms with E-state index in [1.54, 1.807) is 0 Å². The Hall–Kier alpha value is -1.41. The largest absolute Gasteiger partial charge is 0.397 e. The lowest BCUT2D eigenvalue weighted by atomic mass is 10.2. The van der Waals surface area contributed by atoms with Gasteiger partial charge in [-0.2, -0.15) is 13.2 Å². The van der Waals surface area contributed by atoms with Crippen LogP contribution >= 0.6 is 0 Å². The minimum atomic E-state index is -4.54. The van der Waals surface area contributed by atoms with E-state index < -0.39 is 29.6 Å². The molecule has 0 radical (unpaired) electrons. The van der Waals surface area contributed by atoms with E-state index in [1.165, 1.54) is 24.3 Å². The number of hydrogen-bond acceptors (Lipinski definition) is 2. The fourth-order valence-corrected chi connectivity index (χ4v) is 1.69. The highest BCUT2D eigenvalue weighted by molar-refractivity contribution is 7.78. The summed E-state index contributed by atoms with van der Waals surface area (Å²) in [6.45, 7) is 0. The molecule has 1 amide bonds. The second-order valence-corrected chi connectivity index (χ2v) is 4.43. The van der Waals surface area contributed by atoms with Gasteiger partial charge in [0.1, 0.15) is 6.42 Å². The first-order valence-corrected chi connectivity index (χ1v) is 6.07. The molecular formula is C10H10F3NO3S. The summed E-state index contributed by atoms with van der Waals surface area (Å²) in [5, 5.41) is 2.08. The molecule has 4 nitrogen and oxygen atoms in total. The topological polar surface area (TPSA) is 66.4 Å². The molecule has 0 aliphatic rings. The maximum absolute atomic E-state index is 11.9. The minimum Gasteiger partial charge on any atom is -0.326 e. The molecule has 0 aliphatic heterocycles. The lowest BCUT2D eigenvalue weighted by Crippen LogP contribution is -2.21. The van der Waals surface area contributed by atoms with Crippen molar-refractivity contribution in [3.63, 3.8) is 0 Å². The molecule has 2 N–H and O–H groups in total. The highest BCUT2D eigenvalue weighted by atomic mass is 32.2. The van der Waals surface area contributed by atoms with Gasteiger partial charge in [-0.15, -0.1) is 0 Å². The van der Waals surface area contributed by atoms with Crippen molar-refractivity contribution < 1.29 is 26.7 Å². The third-order valence-electron chi connectivity index (χ3n) is 1.89. The molecule has 0 saturated carbocycles. The zero-order valence-electron chi connectivity index (χ0n) is 9.03. The predicted molar refractivity (Wildman–Crippen MR) is 60.2 cm³/mol. The fourth-order valence-electron chi connectivity index (χ4n) is 1.21. The Kier molecular flexibility index (Phi) is 4.85. The van der Waals surface area contributed by atoms with Gasteiger partial charge in [0.05, 0.1) is 5.75 Å². The summed E-state index contributed by atoms with van der Waals surface area (Å²) in [6.07, 6.45) is -6.09. The zero-order chi connectivity index (χ0) is 13.8. The molecule has 0 aliphatic carbocycles. The van der Waals surface area contributed by atoms with Crippen LogP contribution in [0.4, 0.5) is 18.9 Å². The van der Waals surface area contributed by atoms with Crippen LogP contribution in [0.25, 0.3) is 0 Å². The third kappa shape index (κ3) is 5.78. The molecule has 1 aromatic rings. The third-order valence-corrected chi connectivity index (χ3v) is 2.47. The highest BCUT2D eigenvalue weighted by Crippen LogP contribution is 2.20. The first-order valence-electron chi connectivity index (χ1n) is 4.79. The summed E-state index contributed by atoms with van der Waals surface area (Å²) < 4.78 is 54.8. The van der Waals surface area contributed by atoms with E-state index in [-0.39, 0.29) is 11.4 Å². The van der Waals surface area contributed by atoms with Gasteiger partial charge in [0.15, 0.2) is 11.1 Å². The molecule has 0 bridgehead atoms. The number of carbonyl (C=O) groups excluding carboxylic acids is 1. The summed E-state index contributed by atoms with van der Waals surface area (Å²) >= 11 is -1.98. The first-order chi connectivity index (χ1) is 8.26. The second-order valence-electron chi connectivity index (χ2n) is 3.50. The van der Waals surface area contributed by atoms with Crippen LogP contribution in [0.15, 0.2) is 24.3 Å². The first kappa shape index (κ1) is 14.7. The maximum atomic E-state index is 11.9. The summed E-state index contributed by atoms with van der Waals surface area (Å²) in [5.41, 5.74) is 0.751. The molecule has 1 atom stereocenters. The smallest absolute Gasteiger partial charge is 0.326 e. The van der Waals surface area contributed by atoms with Gasteiger partial charge in [0.2, 0.25) is 5.91 Å². The van der Waals surface area contributed by atoms with Crippen LogP contribution in [0, 0.1) is 0 Å². The molecule has 1 unspecified atom stereocenters. The summed E-state index contributed by atoms with van der Waals surface area (Å²) in [6, 6.07) is 5.65. The van der Waals surface area contributed by atoms with Crippen LogP contribution in [0.3, 0.4) is 0 Å². The molecule has 0 heterocycles. The quantitative estimate of drug-likeness (QED) is 0.832. The van der Waals surface area contributed by atoms with Gasteiger partial charge in [0.25, 0.3) is 0 Å². The van der Waals surface area contributed by atoms with Gasteiger partial charge < -0.3 is 9.87 Å². The molecular weight excluding hydrogens is 271 g/mol. The number of nitrogens with one attached hydrogen (secondary N) is 1. The average Bonchev–Trinajstić information content (AvgIpc) is 2.17. The molecule has 1 aromatic carbocycles. The lowest BCUT2D eigenvalue weighted by Gasteiger charge is -2.08. The Balaban J connectivity index is 2.58. The van der Waals surface area contributed by atoms with Crippen molar-refractivity contribution in [2.75, 3.05) is 5.32 Å². The molecule has 100 valence electrons. The van der Waals surface area contributed by atoms with Gasteiger partial charge in [-0.25, -0.2) is 4.21 Å². The van der Waals surface area contributed by atoms with E-state index in [9.17, 15) is 22.2 Å². The van der Waals surface area contributed by atoms with Crippen molar-refractivity contribution in [2.24, 2.45) is 0 Å². The van der Waals surface area contributed by atoms with Crippen molar-refractivity contribution in [3.05, 3.63) is 29.8 Å². The summed E-state index contributed by atoms with van der Waals surface area (Å²) in [7, 11) is 0. The van der Waals surface area contributed by atoms with Crippen LogP contribution in [-0.4, -0.2) is 20.8 Å². The zero-order valence-corrected chi connectivity index (χ0v) is 9.85. The van der Waals surface area contributed by atoms with Crippen molar-refractivity contribution in [3.8, 4) is 0 Å². The van der Waals surface area contributed by atoms with E-state index in [4.69, 9.17) is 4.55 Å². The molecule has 1 rings (SSSR count). The lowest BCUT2D eigenvalue weighted by molar-refractivity contribution is -0.150. The van der Waals surface area contributed by atoms with Crippen LogP contribution in [0.2, 0.25) is 0 Å². The minimum absolute atomic E-state index is 0.0726. The number of carbonyl (C=O) groups is 1. The van der Waals surface area contributed by atoms with Gasteiger partial charge in [0, 0.05) is 5.69 Å². The molecule has 0 fully saturated rings. The number of alkyl halides is 3. The van der Waals surface area contributed by atoms with E-state index in [0.717, 1.165) is 0 Å². The predicted octanol–water partition coefficient (Wildman–Crippen LogP) is 2.30. The Bertz CT molecular complexity index is 445. The number of amides is 1. The monoisotopic (exact) mass is 281 g/mol. The second kappa shape index (κ2) is 5.96. The van der Waals surface area contributed by atoms with Crippen molar-refractivity contribution in [1.29, 1.82) is 0 Å². The van der Waals surface area contributed by atoms with E-state index in [1.807, 2.05) is 0 Å². The normalized spacial score (nSPS) is 13.1. The summed E-state index contributed by atoms with van der Waals surface area (Å²) in [4.78, 5) is 11.0. The summed E-state index contributed by atoms with van der Waals surface area (Å²) in [5.74, 6) is -1.22. The number of halogens is 3. The number of anilines is 1. The van der Waals surface area contributed by atoms with E-state index >= 15 is 0 Å². The average molecular weight is 281 g/mol. The van der Waals surface area contributed by atoms with E-state index in [0.29, 0.717) is 5.56 Å². The van der Waals surface area contributed by atoms with Crippen molar-refractivity contribution in [1.82, 2.24) is 0 Å². The molecule has 0 aromatic heterocycles. The van der Waals surface area contributed by atoms with E-state index in [2.05, 4.69) is 5.32 Å². The molecule has 18 heavy (non-hydrogen) atoms. The Morgan fingerprint density at radius 3 is 2.28 bits per heavy atom. The standard InChI is InChI=1S/C10H10F3NO3S/c11-10(12,13)5-9(15)14-8-3-1-7(2-4-8)6-18(16)17/h1-4H,5-6H2,(H,14,15)(H,16,17). The van der Waals surface area contributed by atoms with Crippen LogP contribution in [0.5, 0.6) is 0 Å². The molecule has 8 heteroatoms. The van der Waals surface area contributed by atoms with Gasteiger partial charge >= 0.3 is 6.18 Å². The Morgan fingerprint density at radius 2 is 1.83 bits per heavy atom. The molecule has 0 spiro atoms. The number of rotatable bonds is 4. The van der Waals surface area contributed by atoms with Crippen molar-refractivity contribution in [2.45, 2.75) is 18.3 Å². The van der Waals surface area contributed by atoms with Gasteiger partial charge in [-0.1, -0.05) is 12.1 Å². The number of benzene rings is 1. The molecule has 0 saturated heterocycles. The fraction of sp³-hybridized carbons (Fsp3) is 0.300. The van der Waals surface area contributed by atoms with Crippen LogP contribution in [-0.2, 0) is 21.6 Å². The van der Waals surface area contributed by atoms with Gasteiger partial charge in [-0.3, -0.25) is 4.79 Å². The highest BCUT2D eigenvalue weighted by Gasteiger charge is 2.31. The van der Waals surface area contributed by atoms with Crippen LogP contribution in [0.1, 0.15) is 12.0 Å².